The molecule has 1 atom stereocenters. The van der Waals surface area contributed by atoms with Gasteiger partial charge in [0, 0.05) is 31.5 Å². The van der Waals surface area contributed by atoms with Crippen molar-refractivity contribution in [2.45, 2.75) is 18.9 Å². The number of likely N-dealkylation sites (N-methyl/N-ethyl adjacent to an activating group) is 1. The van der Waals surface area contributed by atoms with Crippen LogP contribution in [0.25, 0.3) is 0 Å². The standard InChI is InChI=1S/C15H19N3O3/c1-17-13(10-21-15(17)20)14(19)16-11-4-6-12(7-5-11)18-8-2-3-9-18/h4-7,13H,2-3,8-10H2,1H3,(H,16,19). The normalized spacial score (nSPS) is 21.6. The fourth-order valence-corrected chi connectivity index (χ4v) is 2.70. The summed E-state index contributed by atoms with van der Waals surface area (Å²) in [6.45, 7) is 2.29. The number of amides is 2. The molecule has 21 heavy (non-hydrogen) atoms. The van der Waals surface area contributed by atoms with Gasteiger partial charge in [0.05, 0.1) is 0 Å². The third-order valence-corrected chi connectivity index (χ3v) is 4.03. The van der Waals surface area contributed by atoms with E-state index < -0.39 is 12.1 Å². The predicted octanol–water partition coefficient (Wildman–Crippen LogP) is 1.68. The molecule has 2 fully saturated rings. The van der Waals surface area contributed by atoms with Crippen LogP contribution in [0.15, 0.2) is 24.3 Å². The molecule has 0 bridgehead atoms. The lowest BCUT2D eigenvalue weighted by atomic mass is 10.2. The maximum absolute atomic E-state index is 12.1. The van der Waals surface area contributed by atoms with Gasteiger partial charge in [-0.15, -0.1) is 0 Å². The van der Waals surface area contributed by atoms with E-state index in [4.69, 9.17) is 4.74 Å². The average molecular weight is 289 g/mol. The van der Waals surface area contributed by atoms with E-state index in [1.165, 1.54) is 23.4 Å². The highest BCUT2D eigenvalue weighted by atomic mass is 16.6. The highest BCUT2D eigenvalue weighted by Crippen LogP contribution is 2.22. The summed E-state index contributed by atoms with van der Waals surface area (Å²) in [5, 5.41) is 2.82. The Labute approximate surface area is 123 Å². The maximum Gasteiger partial charge on any atom is 0.410 e. The van der Waals surface area contributed by atoms with Gasteiger partial charge in [0.2, 0.25) is 0 Å². The fourth-order valence-electron chi connectivity index (χ4n) is 2.70. The molecule has 0 radical (unpaired) electrons. The Kier molecular flexibility index (Phi) is 3.68. The molecule has 3 rings (SSSR count). The molecule has 6 heteroatoms. The minimum Gasteiger partial charge on any atom is -0.447 e. The Morgan fingerprint density at radius 3 is 2.48 bits per heavy atom. The number of ether oxygens (including phenoxy) is 1. The number of hydrogen-bond donors (Lipinski definition) is 1. The number of nitrogens with one attached hydrogen (secondary N) is 1. The van der Waals surface area contributed by atoms with E-state index in [-0.39, 0.29) is 12.5 Å². The number of carbonyl (C=O) groups is 2. The van der Waals surface area contributed by atoms with Crippen LogP contribution in [0.3, 0.4) is 0 Å². The molecular formula is C15H19N3O3. The zero-order valence-corrected chi connectivity index (χ0v) is 12.0. The minimum atomic E-state index is -0.559. The van der Waals surface area contributed by atoms with E-state index in [0.717, 1.165) is 18.8 Å². The lowest BCUT2D eigenvalue weighted by Crippen LogP contribution is -2.40. The first-order valence-electron chi connectivity index (χ1n) is 7.20. The molecule has 1 unspecified atom stereocenters. The van der Waals surface area contributed by atoms with Crippen LogP contribution >= 0.6 is 0 Å². The number of nitrogens with zero attached hydrogens (tertiary/aromatic N) is 2. The van der Waals surface area contributed by atoms with Gasteiger partial charge in [-0.2, -0.15) is 0 Å². The number of hydrogen-bond acceptors (Lipinski definition) is 4. The second kappa shape index (κ2) is 5.63. The van der Waals surface area contributed by atoms with Crippen molar-refractivity contribution in [2.24, 2.45) is 0 Å². The van der Waals surface area contributed by atoms with E-state index in [0.29, 0.717) is 0 Å². The van der Waals surface area contributed by atoms with Gasteiger partial charge in [-0.05, 0) is 37.1 Å². The van der Waals surface area contributed by atoms with Gasteiger partial charge in [-0.25, -0.2) is 4.79 Å². The van der Waals surface area contributed by atoms with Gasteiger partial charge in [0.15, 0.2) is 0 Å². The molecule has 112 valence electrons. The molecule has 0 aromatic heterocycles. The third-order valence-electron chi connectivity index (χ3n) is 4.03. The van der Waals surface area contributed by atoms with Crippen molar-refractivity contribution in [3.63, 3.8) is 0 Å². The topological polar surface area (TPSA) is 61.9 Å². The van der Waals surface area contributed by atoms with Crippen molar-refractivity contribution in [3.8, 4) is 0 Å². The lowest BCUT2D eigenvalue weighted by molar-refractivity contribution is -0.119. The smallest absolute Gasteiger partial charge is 0.410 e. The van der Waals surface area contributed by atoms with Crippen LogP contribution in [0.4, 0.5) is 16.2 Å². The van der Waals surface area contributed by atoms with Crippen molar-refractivity contribution in [1.29, 1.82) is 0 Å². The van der Waals surface area contributed by atoms with Gasteiger partial charge >= 0.3 is 6.09 Å². The van der Waals surface area contributed by atoms with Crippen LogP contribution in [-0.4, -0.2) is 49.7 Å². The molecule has 0 aliphatic carbocycles. The quantitative estimate of drug-likeness (QED) is 0.919. The molecule has 1 aromatic rings. The van der Waals surface area contributed by atoms with E-state index in [9.17, 15) is 9.59 Å². The molecule has 2 heterocycles. The number of cyclic esters (lactones) is 1. The first kappa shape index (κ1) is 13.7. The van der Waals surface area contributed by atoms with Crippen molar-refractivity contribution >= 4 is 23.4 Å². The van der Waals surface area contributed by atoms with E-state index in [2.05, 4.69) is 10.2 Å². The van der Waals surface area contributed by atoms with Gasteiger partial charge in [-0.1, -0.05) is 0 Å². The Hall–Kier alpha value is -2.24. The Balaban J connectivity index is 1.62. The summed E-state index contributed by atoms with van der Waals surface area (Å²) in [4.78, 5) is 27.0. The van der Waals surface area contributed by atoms with Crippen LogP contribution in [-0.2, 0) is 9.53 Å². The zero-order valence-electron chi connectivity index (χ0n) is 12.0. The second-order valence-electron chi connectivity index (χ2n) is 5.43. The van der Waals surface area contributed by atoms with Crippen LogP contribution in [0.1, 0.15) is 12.8 Å². The SMILES string of the molecule is CN1C(=O)OCC1C(=O)Nc1ccc(N2CCCC2)cc1. The summed E-state index contributed by atoms with van der Waals surface area (Å²) < 4.78 is 4.84. The highest BCUT2D eigenvalue weighted by molar-refractivity contribution is 5.97. The van der Waals surface area contributed by atoms with E-state index >= 15 is 0 Å². The van der Waals surface area contributed by atoms with Crippen LogP contribution in [0.2, 0.25) is 0 Å². The second-order valence-corrected chi connectivity index (χ2v) is 5.43. The van der Waals surface area contributed by atoms with Gasteiger partial charge < -0.3 is 15.0 Å². The first-order valence-corrected chi connectivity index (χ1v) is 7.20. The molecule has 0 saturated carbocycles. The fraction of sp³-hybridized carbons (Fsp3) is 0.467. The van der Waals surface area contributed by atoms with E-state index in [1.807, 2.05) is 24.3 Å². The first-order chi connectivity index (χ1) is 10.1. The molecule has 2 saturated heterocycles. The molecular weight excluding hydrogens is 270 g/mol. The van der Waals surface area contributed by atoms with Gasteiger partial charge in [0.25, 0.3) is 5.91 Å². The molecule has 1 N–H and O–H groups in total. The van der Waals surface area contributed by atoms with Crippen LogP contribution < -0.4 is 10.2 Å². The van der Waals surface area contributed by atoms with Gasteiger partial charge in [0.1, 0.15) is 12.6 Å². The molecule has 2 aliphatic heterocycles. The van der Waals surface area contributed by atoms with Crippen molar-refractivity contribution in [3.05, 3.63) is 24.3 Å². The minimum absolute atomic E-state index is 0.104. The van der Waals surface area contributed by atoms with Crippen LogP contribution in [0.5, 0.6) is 0 Å². The summed E-state index contributed by atoms with van der Waals surface area (Å²) in [6.07, 6.45) is 2.01. The third kappa shape index (κ3) is 2.79. The van der Waals surface area contributed by atoms with Crippen LogP contribution in [0, 0.1) is 0 Å². The molecule has 2 aliphatic rings. The monoisotopic (exact) mass is 289 g/mol. The predicted molar refractivity (Wildman–Crippen MR) is 79.4 cm³/mol. The Morgan fingerprint density at radius 2 is 1.90 bits per heavy atom. The highest BCUT2D eigenvalue weighted by Gasteiger charge is 2.35. The summed E-state index contributed by atoms with van der Waals surface area (Å²) in [6, 6.07) is 7.25. The summed E-state index contributed by atoms with van der Waals surface area (Å²) in [7, 11) is 1.57. The average Bonchev–Trinajstić information content (AvgIpc) is 3.11. The van der Waals surface area contributed by atoms with E-state index in [1.54, 1.807) is 7.05 Å². The molecule has 1 aromatic carbocycles. The molecule has 0 spiro atoms. The largest absolute Gasteiger partial charge is 0.447 e. The number of benzene rings is 1. The Morgan fingerprint density at radius 1 is 1.24 bits per heavy atom. The van der Waals surface area contributed by atoms with Crippen molar-refractivity contribution in [1.82, 2.24) is 4.90 Å². The maximum atomic E-state index is 12.1. The van der Waals surface area contributed by atoms with Gasteiger partial charge in [-0.3, -0.25) is 9.69 Å². The number of rotatable bonds is 3. The van der Waals surface area contributed by atoms with Crippen molar-refractivity contribution < 1.29 is 14.3 Å². The summed E-state index contributed by atoms with van der Waals surface area (Å²) >= 11 is 0. The Bertz CT molecular complexity index is 538. The summed E-state index contributed by atoms with van der Waals surface area (Å²) in [5.74, 6) is -0.225. The number of anilines is 2. The zero-order chi connectivity index (χ0) is 14.8. The molecule has 2 amide bonds. The lowest BCUT2D eigenvalue weighted by Gasteiger charge is -2.19. The van der Waals surface area contributed by atoms with Crippen molar-refractivity contribution in [2.75, 3.05) is 37.0 Å². The number of carbonyl (C=O) groups excluding carboxylic acids is 2. The summed E-state index contributed by atoms with van der Waals surface area (Å²) in [5.41, 5.74) is 1.91. The molecule has 6 nitrogen and oxygen atoms in total.